The minimum Gasteiger partial charge on any atom is -0.395 e. The number of carbonyl (C=O) groups excluding carboxylic acids is 1. The van der Waals surface area contributed by atoms with Gasteiger partial charge in [-0.25, -0.2) is 0 Å². The summed E-state index contributed by atoms with van der Waals surface area (Å²) in [7, 11) is 0. The lowest BCUT2D eigenvalue weighted by atomic mass is 10.3. The molecule has 4 N–H and O–H groups in total. The molecule has 1 atom stereocenters. The molecule has 0 aromatic carbocycles. The average molecular weight is 176 g/mol. The molecule has 0 fully saturated rings. The van der Waals surface area contributed by atoms with Crippen LogP contribution in [0.3, 0.4) is 0 Å². The van der Waals surface area contributed by atoms with Gasteiger partial charge in [-0.15, -0.1) is 0 Å². The number of aliphatic hydroxyl groups is 2. The maximum atomic E-state index is 11.2. The van der Waals surface area contributed by atoms with E-state index in [9.17, 15) is 4.79 Å². The van der Waals surface area contributed by atoms with Gasteiger partial charge < -0.3 is 20.8 Å². The second kappa shape index (κ2) is 5.93. The number of amides is 1. The second-order valence-electron chi connectivity index (χ2n) is 2.56. The van der Waals surface area contributed by atoms with Gasteiger partial charge in [0.1, 0.15) is 0 Å². The topological polar surface area (TPSA) is 86.8 Å². The Morgan fingerprint density at radius 2 is 1.83 bits per heavy atom. The smallest absolute Gasteiger partial charge is 0.239 e. The van der Waals surface area contributed by atoms with Crippen LogP contribution in [0, 0.1) is 0 Å². The summed E-state index contributed by atoms with van der Waals surface area (Å²) in [6.45, 7) is 1.79. The third-order valence-electron chi connectivity index (χ3n) is 1.44. The highest BCUT2D eigenvalue weighted by atomic mass is 16.3. The summed E-state index contributed by atoms with van der Waals surface area (Å²) in [5.74, 6) is -0.252. The molecule has 0 saturated heterocycles. The van der Waals surface area contributed by atoms with Crippen molar-refractivity contribution in [2.24, 2.45) is 5.73 Å². The Labute approximate surface area is 71.8 Å². The van der Waals surface area contributed by atoms with E-state index < -0.39 is 6.04 Å². The number of rotatable bonds is 5. The Hall–Kier alpha value is -0.650. The minimum absolute atomic E-state index is 0.113. The molecule has 0 rings (SSSR count). The van der Waals surface area contributed by atoms with Crippen LogP contribution in [0.2, 0.25) is 0 Å². The monoisotopic (exact) mass is 176 g/mol. The standard InChI is InChI=1S/C7H16N2O3/c1-6(8)7(12)9(2-4-10)3-5-11/h6,10-11H,2-5,8H2,1H3. The Morgan fingerprint density at radius 1 is 1.42 bits per heavy atom. The molecular weight excluding hydrogens is 160 g/mol. The average Bonchev–Trinajstić information content (AvgIpc) is 2.03. The molecule has 5 nitrogen and oxygen atoms in total. The van der Waals surface area contributed by atoms with Gasteiger partial charge in [0.25, 0.3) is 0 Å². The molecule has 0 aliphatic heterocycles. The summed E-state index contributed by atoms with van der Waals surface area (Å²) >= 11 is 0. The van der Waals surface area contributed by atoms with Crippen molar-refractivity contribution in [3.05, 3.63) is 0 Å². The van der Waals surface area contributed by atoms with Crippen molar-refractivity contribution < 1.29 is 15.0 Å². The molecule has 0 heterocycles. The lowest BCUT2D eigenvalue weighted by molar-refractivity contribution is -0.133. The van der Waals surface area contributed by atoms with Gasteiger partial charge in [0, 0.05) is 13.1 Å². The minimum atomic E-state index is -0.580. The number of nitrogens with two attached hydrogens (primary N) is 1. The number of carbonyl (C=O) groups is 1. The van der Waals surface area contributed by atoms with Gasteiger partial charge in [0.05, 0.1) is 19.3 Å². The molecule has 0 aromatic rings. The van der Waals surface area contributed by atoms with Crippen molar-refractivity contribution in [1.82, 2.24) is 4.90 Å². The van der Waals surface area contributed by atoms with E-state index in [1.54, 1.807) is 6.92 Å². The predicted molar refractivity (Wildman–Crippen MR) is 44.4 cm³/mol. The van der Waals surface area contributed by atoms with Gasteiger partial charge in [-0.3, -0.25) is 4.79 Å². The third-order valence-corrected chi connectivity index (χ3v) is 1.44. The lowest BCUT2D eigenvalue weighted by Crippen LogP contribution is -2.44. The summed E-state index contributed by atoms with van der Waals surface area (Å²) in [4.78, 5) is 12.5. The molecular formula is C7H16N2O3. The van der Waals surface area contributed by atoms with Crippen LogP contribution in [-0.2, 0) is 4.79 Å². The zero-order chi connectivity index (χ0) is 9.56. The first-order valence-electron chi connectivity index (χ1n) is 3.89. The zero-order valence-corrected chi connectivity index (χ0v) is 7.23. The van der Waals surface area contributed by atoms with Gasteiger partial charge in [0.15, 0.2) is 0 Å². The molecule has 0 aliphatic rings. The summed E-state index contributed by atoms with van der Waals surface area (Å²) in [6.07, 6.45) is 0. The molecule has 1 amide bonds. The normalized spacial score (nSPS) is 12.7. The van der Waals surface area contributed by atoms with Gasteiger partial charge in [-0.05, 0) is 6.92 Å². The first kappa shape index (κ1) is 11.4. The first-order chi connectivity index (χ1) is 5.63. The van der Waals surface area contributed by atoms with Gasteiger partial charge in [-0.2, -0.15) is 0 Å². The van der Waals surface area contributed by atoms with Crippen molar-refractivity contribution >= 4 is 5.91 Å². The number of nitrogens with zero attached hydrogens (tertiary/aromatic N) is 1. The van der Waals surface area contributed by atoms with Crippen molar-refractivity contribution in [1.29, 1.82) is 0 Å². The van der Waals surface area contributed by atoms with Crippen LogP contribution >= 0.6 is 0 Å². The van der Waals surface area contributed by atoms with E-state index in [-0.39, 0.29) is 32.2 Å². The van der Waals surface area contributed by atoms with Crippen molar-refractivity contribution in [3.63, 3.8) is 0 Å². The number of hydrogen-bond donors (Lipinski definition) is 3. The van der Waals surface area contributed by atoms with E-state index in [0.29, 0.717) is 0 Å². The predicted octanol–water partition coefficient (Wildman–Crippen LogP) is -1.85. The van der Waals surface area contributed by atoms with Crippen LogP contribution < -0.4 is 5.73 Å². The van der Waals surface area contributed by atoms with Crippen LogP contribution in [0.15, 0.2) is 0 Å². The Bertz CT molecular complexity index is 133. The van der Waals surface area contributed by atoms with E-state index in [1.807, 2.05) is 0 Å². The summed E-state index contributed by atoms with van der Waals surface area (Å²) < 4.78 is 0. The summed E-state index contributed by atoms with van der Waals surface area (Å²) in [6, 6.07) is -0.580. The third kappa shape index (κ3) is 3.66. The highest BCUT2D eigenvalue weighted by Gasteiger charge is 2.15. The van der Waals surface area contributed by atoms with Crippen LogP contribution in [0.25, 0.3) is 0 Å². The van der Waals surface area contributed by atoms with Crippen molar-refractivity contribution in [2.75, 3.05) is 26.3 Å². The van der Waals surface area contributed by atoms with Crippen molar-refractivity contribution in [2.45, 2.75) is 13.0 Å². The van der Waals surface area contributed by atoms with Gasteiger partial charge in [-0.1, -0.05) is 0 Å². The number of aliphatic hydroxyl groups excluding tert-OH is 2. The van der Waals surface area contributed by atoms with E-state index in [4.69, 9.17) is 15.9 Å². The summed E-state index contributed by atoms with van der Waals surface area (Å²) in [5, 5.41) is 17.2. The second-order valence-corrected chi connectivity index (χ2v) is 2.56. The molecule has 0 aromatic heterocycles. The quantitative estimate of drug-likeness (QED) is 0.459. The van der Waals surface area contributed by atoms with E-state index in [2.05, 4.69) is 0 Å². The van der Waals surface area contributed by atoms with Crippen LogP contribution in [0.4, 0.5) is 0 Å². The molecule has 0 bridgehead atoms. The van der Waals surface area contributed by atoms with Gasteiger partial charge >= 0.3 is 0 Å². The van der Waals surface area contributed by atoms with E-state index in [1.165, 1.54) is 4.90 Å². The van der Waals surface area contributed by atoms with Crippen LogP contribution in [0.1, 0.15) is 6.92 Å². The summed E-state index contributed by atoms with van der Waals surface area (Å²) in [5.41, 5.74) is 5.34. The van der Waals surface area contributed by atoms with E-state index >= 15 is 0 Å². The van der Waals surface area contributed by atoms with Gasteiger partial charge in [0.2, 0.25) is 5.91 Å². The maximum absolute atomic E-state index is 11.2. The van der Waals surface area contributed by atoms with Crippen molar-refractivity contribution in [3.8, 4) is 0 Å². The van der Waals surface area contributed by atoms with Crippen LogP contribution in [-0.4, -0.2) is 53.4 Å². The van der Waals surface area contributed by atoms with E-state index in [0.717, 1.165) is 0 Å². The fraction of sp³-hybridized carbons (Fsp3) is 0.857. The Balaban J connectivity index is 3.99. The highest BCUT2D eigenvalue weighted by Crippen LogP contribution is 1.91. The fourth-order valence-electron chi connectivity index (χ4n) is 0.862. The lowest BCUT2D eigenvalue weighted by Gasteiger charge is -2.22. The maximum Gasteiger partial charge on any atom is 0.239 e. The SMILES string of the molecule is CC(N)C(=O)N(CCO)CCO. The fourth-order valence-corrected chi connectivity index (χ4v) is 0.862. The molecule has 0 spiro atoms. The molecule has 72 valence electrons. The largest absolute Gasteiger partial charge is 0.395 e. The van der Waals surface area contributed by atoms with Crippen LogP contribution in [0.5, 0.6) is 0 Å². The molecule has 1 unspecified atom stereocenters. The number of hydrogen-bond acceptors (Lipinski definition) is 4. The molecule has 0 aliphatic carbocycles. The highest BCUT2D eigenvalue weighted by molar-refractivity contribution is 5.81. The Morgan fingerprint density at radius 3 is 2.08 bits per heavy atom. The first-order valence-corrected chi connectivity index (χ1v) is 3.89. The molecule has 0 saturated carbocycles. The zero-order valence-electron chi connectivity index (χ0n) is 7.23. The molecule has 5 heteroatoms. The molecule has 12 heavy (non-hydrogen) atoms. The Kier molecular flexibility index (Phi) is 5.61. The molecule has 0 radical (unpaired) electrons.